The van der Waals surface area contributed by atoms with Gasteiger partial charge in [-0.2, -0.15) is 0 Å². The maximum absolute atomic E-state index is 13.3. The third-order valence-electron chi connectivity index (χ3n) is 1.79. The van der Waals surface area contributed by atoms with Crippen LogP contribution in [0.3, 0.4) is 0 Å². The van der Waals surface area contributed by atoms with E-state index in [4.69, 9.17) is 5.73 Å². The van der Waals surface area contributed by atoms with Crippen LogP contribution < -0.4 is 5.73 Å². The van der Waals surface area contributed by atoms with Gasteiger partial charge in [-0.05, 0) is 18.6 Å². The minimum absolute atomic E-state index is 0.274. The largest absolute Gasteiger partial charge is 0.324 e. The smallest absolute Gasteiger partial charge is 0.129 e. The van der Waals surface area contributed by atoms with E-state index in [2.05, 4.69) is 22.5 Å². The standard InChI is InChI=1S/C10H11BrFN/c1-2-4-9(13)10-7(11)5-3-6-8(10)12/h2-3,5-6,9H,1,4,13H2/t9-/m1/s1. The number of halogens is 2. The SMILES string of the molecule is C=CC[C@@H](N)c1c(F)cccc1Br. The Bertz CT molecular complexity index is 292. The molecular formula is C10H11BrFN. The number of hydrogen-bond donors (Lipinski definition) is 1. The van der Waals surface area contributed by atoms with Crippen LogP contribution in [0.5, 0.6) is 0 Å². The molecule has 0 aliphatic heterocycles. The molecule has 0 heterocycles. The van der Waals surface area contributed by atoms with Crippen molar-refractivity contribution in [3.63, 3.8) is 0 Å². The van der Waals surface area contributed by atoms with Crippen LogP contribution in [0, 0.1) is 5.82 Å². The molecule has 1 atom stereocenters. The van der Waals surface area contributed by atoms with Crippen LogP contribution >= 0.6 is 15.9 Å². The molecule has 0 saturated carbocycles. The lowest BCUT2D eigenvalue weighted by Gasteiger charge is -2.12. The van der Waals surface area contributed by atoms with E-state index in [-0.39, 0.29) is 11.9 Å². The summed E-state index contributed by atoms with van der Waals surface area (Å²) in [6.07, 6.45) is 2.25. The number of nitrogens with two attached hydrogens (primary N) is 1. The van der Waals surface area contributed by atoms with Crippen molar-refractivity contribution in [1.29, 1.82) is 0 Å². The van der Waals surface area contributed by atoms with Crippen molar-refractivity contribution in [2.24, 2.45) is 5.73 Å². The van der Waals surface area contributed by atoms with Gasteiger partial charge < -0.3 is 5.73 Å². The fraction of sp³-hybridized carbons (Fsp3) is 0.200. The molecule has 2 N–H and O–H groups in total. The maximum atomic E-state index is 13.3. The highest BCUT2D eigenvalue weighted by molar-refractivity contribution is 9.10. The minimum Gasteiger partial charge on any atom is -0.324 e. The molecule has 0 spiro atoms. The summed E-state index contributed by atoms with van der Waals surface area (Å²) in [6, 6.07) is 4.50. The molecule has 0 bridgehead atoms. The Labute approximate surface area is 85.6 Å². The van der Waals surface area contributed by atoms with Crippen molar-refractivity contribution >= 4 is 15.9 Å². The molecule has 0 fully saturated rings. The van der Waals surface area contributed by atoms with Gasteiger partial charge in [-0.3, -0.25) is 0 Å². The maximum Gasteiger partial charge on any atom is 0.129 e. The summed E-state index contributed by atoms with van der Waals surface area (Å²) >= 11 is 3.26. The lowest BCUT2D eigenvalue weighted by Crippen LogP contribution is -2.11. The van der Waals surface area contributed by atoms with E-state index >= 15 is 0 Å². The Hall–Kier alpha value is -0.670. The van der Waals surface area contributed by atoms with E-state index < -0.39 is 0 Å². The van der Waals surface area contributed by atoms with Gasteiger partial charge in [0.25, 0.3) is 0 Å². The third-order valence-corrected chi connectivity index (χ3v) is 2.48. The highest BCUT2D eigenvalue weighted by Crippen LogP contribution is 2.26. The predicted molar refractivity (Wildman–Crippen MR) is 55.8 cm³/mol. The van der Waals surface area contributed by atoms with Crippen molar-refractivity contribution in [3.05, 3.63) is 46.7 Å². The molecule has 13 heavy (non-hydrogen) atoms. The van der Waals surface area contributed by atoms with Crippen LogP contribution in [0.2, 0.25) is 0 Å². The molecule has 70 valence electrons. The zero-order valence-corrected chi connectivity index (χ0v) is 8.72. The van der Waals surface area contributed by atoms with Crippen LogP contribution in [-0.2, 0) is 0 Å². The quantitative estimate of drug-likeness (QED) is 0.812. The molecule has 0 radical (unpaired) electrons. The lowest BCUT2D eigenvalue weighted by atomic mass is 10.0. The van der Waals surface area contributed by atoms with Crippen molar-refractivity contribution in [2.75, 3.05) is 0 Å². The van der Waals surface area contributed by atoms with Gasteiger partial charge in [-0.15, -0.1) is 6.58 Å². The van der Waals surface area contributed by atoms with Gasteiger partial charge in [0, 0.05) is 16.1 Å². The van der Waals surface area contributed by atoms with Gasteiger partial charge in [0.2, 0.25) is 0 Å². The van der Waals surface area contributed by atoms with Gasteiger partial charge in [0.05, 0.1) is 0 Å². The van der Waals surface area contributed by atoms with Gasteiger partial charge in [-0.25, -0.2) is 4.39 Å². The Balaban J connectivity index is 3.04. The van der Waals surface area contributed by atoms with Gasteiger partial charge in [-0.1, -0.05) is 28.1 Å². The zero-order chi connectivity index (χ0) is 9.84. The third kappa shape index (κ3) is 2.39. The van der Waals surface area contributed by atoms with Crippen LogP contribution in [0.1, 0.15) is 18.0 Å². The fourth-order valence-corrected chi connectivity index (χ4v) is 1.80. The van der Waals surface area contributed by atoms with E-state index in [1.807, 2.05) is 0 Å². The average Bonchev–Trinajstić information content (AvgIpc) is 2.04. The molecule has 1 aromatic rings. The summed E-state index contributed by atoms with van der Waals surface area (Å²) in [5, 5.41) is 0. The Morgan fingerprint density at radius 1 is 1.62 bits per heavy atom. The molecule has 0 unspecified atom stereocenters. The molecule has 1 rings (SSSR count). The monoisotopic (exact) mass is 243 g/mol. The summed E-state index contributed by atoms with van der Waals surface area (Å²) in [5.41, 5.74) is 6.28. The second kappa shape index (κ2) is 4.53. The summed E-state index contributed by atoms with van der Waals surface area (Å²) in [4.78, 5) is 0. The highest BCUT2D eigenvalue weighted by atomic mass is 79.9. The number of hydrogen-bond acceptors (Lipinski definition) is 1. The van der Waals surface area contributed by atoms with Crippen LogP contribution in [0.25, 0.3) is 0 Å². The first-order valence-electron chi connectivity index (χ1n) is 3.97. The molecule has 3 heteroatoms. The summed E-state index contributed by atoms with van der Waals surface area (Å²) < 4.78 is 14.0. The Morgan fingerprint density at radius 3 is 2.85 bits per heavy atom. The molecule has 0 aromatic heterocycles. The van der Waals surface area contributed by atoms with Crippen LogP contribution in [-0.4, -0.2) is 0 Å². The summed E-state index contributed by atoms with van der Waals surface area (Å²) in [6.45, 7) is 3.57. The molecule has 1 nitrogen and oxygen atoms in total. The lowest BCUT2D eigenvalue weighted by molar-refractivity contribution is 0.581. The predicted octanol–water partition coefficient (Wildman–Crippen LogP) is 3.16. The molecule has 0 aliphatic rings. The first-order chi connectivity index (χ1) is 6.16. The second-order valence-electron chi connectivity index (χ2n) is 2.77. The fourth-order valence-electron chi connectivity index (χ4n) is 1.16. The van der Waals surface area contributed by atoms with Crippen molar-refractivity contribution in [2.45, 2.75) is 12.5 Å². The van der Waals surface area contributed by atoms with Crippen LogP contribution in [0.4, 0.5) is 4.39 Å². The normalized spacial score (nSPS) is 12.5. The van der Waals surface area contributed by atoms with Crippen LogP contribution in [0.15, 0.2) is 35.3 Å². The van der Waals surface area contributed by atoms with Gasteiger partial charge in [0.1, 0.15) is 5.82 Å². The Kier molecular flexibility index (Phi) is 3.63. The first-order valence-corrected chi connectivity index (χ1v) is 4.76. The van der Waals surface area contributed by atoms with Gasteiger partial charge >= 0.3 is 0 Å². The molecule has 0 saturated heterocycles. The Morgan fingerprint density at radius 2 is 2.31 bits per heavy atom. The topological polar surface area (TPSA) is 26.0 Å². The second-order valence-corrected chi connectivity index (χ2v) is 3.62. The molecular weight excluding hydrogens is 233 g/mol. The molecule has 0 amide bonds. The molecule has 1 aromatic carbocycles. The molecule has 0 aliphatic carbocycles. The van der Waals surface area contributed by atoms with Crippen molar-refractivity contribution in [1.82, 2.24) is 0 Å². The van der Waals surface area contributed by atoms with E-state index in [1.165, 1.54) is 6.07 Å². The number of rotatable bonds is 3. The van der Waals surface area contributed by atoms with E-state index in [9.17, 15) is 4.39 Å². The van der Waals surface area contributed by atoms with E-state index in [0.29, 0.717) is 16.5 Å². The summed E-state index contributed by atoms with van der Waals surface area (Å²) in [7, 11) is 0. The first kappa shape index (κ1) is 10.4. The van der Waals surface area contributed by atoms with Crippen molar-refractivity contribution < 1.29 is 4.39 Å². The van der Waals surface area contributed by atoms with E-state index in [1.54, 1.807) is 18.2 Å². The minimum atomic E-state index is -0.326. The van der Waals surface area contributed by atoms with Crippen molar-refractivity contribution in [3.8, 4) is 0 Å². The zero-order valence-electron chi connectivity index (χ0n) is 7.13. The summed E-state index contributed by atoms with van der Waals surface area (Å²) in [5.74, 6) is -0.274. The van der Waals surface area contributed by atoms with E-state index in [0.717, 1.165) is 0 Å². The number of benzene rings is 1. The average molecular weight is 244 g/mol. The van der Waals surface area contributed by atoms with Gasteiger partial charge in [0.15, 0.2) is 0 Å². The highest BCUT2D eigenvalue weighted by Gasteiger charge is 2.12.